The largest absolute Gasteiger partial charge is 0.326 e. The molecule has 0 unspecified atom stereocenters. The highest BCUT2D eigenvalue weighted by Gasteiger charge is 2.28. The maximum Gasteiger partial charge on any atom is 0.229 e. The third-order valence-electron chi connectivity index (χ3n) is 4.93. The first-order valence-corrected chi connectivity index (χ1v) is 9.92. The summed E-state index contributed by atoms with van der Waals surface area (Å²) in [4.78, 5) is 38.7. The number of hydrogen-bond acceptors (Lipinski definition) is 3. The summed E-state index contributed by atoms with van der Waals surface area (Å²) in [5.41, 5.74) is 2.62. The lowest BCUT2D eigenvalue weighted by atomic mass is 9.93. The Kier molecular flexibility index (Phi) is 6.06. The molecule has 1 atom stereocenters. The topological polar surface area (TPSA) is 78.5 Å². The molecule has 0 fully saturated rings. The molecule has 1 aliphatic rings. The van der Waals surface area contributed by atoms with Gasteiger partial charge in [0.25, 0.3) is 0 Å². The number of amides is 3. The number of benzene rings is 2. The number of fused-ring (bicyclic) bond motifs is 1. The monoisotopic (exact) mass is 405 g/mol. The van der Waals surface area contributed by atoms with Crippen molar-refractivity contribution in [1.29, 1.82) is 0 Å². The number of anilines is 2. The molecule has 6 nitrogen and oxygen atoms in total. The number of nitrogens with zero attached hydrogens (tertiary/aromatic N) is 1. The molecular weight excluding hydrogens is 378 g/mol. The van der Waals surface area contributed by atoms with E-state index >= 15 is 0 Å². The van der Waals surface area contributed by atoms with Crippen molar-refractivity contribution >= 4 is 35.2 Å². The third-order valence-corrected chi connectivity index (χ3v) is 4.93. The van der Waals surface area contributed by atoms with Gasteiger partial charge in [0.1, 0.15) is 0 Å². The van der Waals surface area contributed by atoms with E-state index < -0.39 is 5.41 Å². The molecular formula is C24H27N3O3. The summed E-state index contributed by atoms with van der Waals surface area (Å²) in [6.07, 6.45) is 3.73. The molecule has 1 heterocycles. The van der Waals surface area contributed by atoms with E-state index in [4.69, 9.17) is 0 Å². The van der Waals surface area contributed by atoms with E-state index in [1.54, 1.807) is 35.4 Å². The molecule has 0 radical (unpaired) electrons. The number of nitrogens with one attached hydrogen (secondary N) is 2. The lowest BCUT2D eigenvalue weighted by Gasteiger charge is -2.32. The Bertz CT molecular complexity index is 1000. The van der Waals surface area contributed by atoms with Crippen LogP contribution in [0, 0.1) is 5.41 Å². The third kappa shape index (κ3) is 4.95. The van der Waals surface area contributed by atoms with Gasteiger partial charge in [0.05, 0.1) is 12.5 Å². The summed E-state index contributed by atoms with van der Waals surface area (Å²) >= 11 is 0. The van der Waals surface area contributed by atoms with Crippen LogP contribution in [0.2, 0.25) is 0 Å². The molecule has 6 heteroatoms. The number of hydrogen-bond donors (Lipinski definition) is 2. The summed E-state index contributed by atoms with van der Waals surface area (Å²) in [5.74, 6) is -0.435. The van der Waals surface area contributed by atoms with E-state index in [0.29, 0.717) is 11.4 Å². The van der Waals surface area contributed by atoms with Crippen molar-refractivity contribution in [2.75, 3.05) is 10.6 Å². The maximum atomic E-state index is 12.8. The van der Waals surface area contributed by atoms with Crippen LogP contribution in [0.5, 0.6) is 0 Å². The van der Waals surface area contributed by atoms with E-state index in [-0.39, 0.29) is 30.2 Å². The highest BCUT2D eigenvalue weighted by atomic mass is 16.2. The lowest BCUT2D eigenvalue weighted by molar-refractivity contribution is -0.129. The van der Waals surface area contributed by atoms with Gasteiger partial charge in [-0.3, -0.25) is 14.4 Å². The second kappa shape index (κ2) is 8.53. The minimum atomic E-state index is -0.517. The normalized spacial score (nSPS) is 15.3. The molecule has 0 saturated heterocycles. The Morgan fingerprint density at radius 3 is 2.30 bits per heavy atom. The molecule has 156 valence electrons. The van der Waals surface area contributed by atoms with E-state index in [9.17, 15) is 14.4 Å². The molecule has 2 aromatic rings. The maximum absolute atomic E-state index is 12.8. The standard InChI is InChI=1S/C24H27N3O3/c1-16(28)27-13-12-17-8-5-6-11-20(17)21(27)15-22(29)25-18-9-7-10-19(14-18)26-23(30)24(2,3)4/h5-14,21H,15H2,1-4H3,(H,25,29)(H,26,30)/t21-/m1/s1. The molecule has 2 aromatic carbocycles. The average molecular weight is 405 g/mol. The van der Waals surface area contributed by atoms with E-state index in [1.165, 1.54) is 6.92 Å². The van der Waals surface area contributed by atoms with Crippen LogP contribution in [-0.4, -0.2) is 22.6 Å². The highest BCUT2D eigenvalue weighted by Crippen LogP contribution is 2.33. The summed E-state index contributed by atoms with van der Waals surface area (Å²) in [5, 5.41) is 5.74. The Hall–Kier alpha value is -3.41. The summed E-state index contributed by atoms with van der Waals surface area (Å²) in [6.45, 7) is 7.01. The van der Waals surface area contributed by atoms with Gasteiger partial charge >= 0.3 is 0 Å². The molecule has 0 aromatic heterocycles. The molecule has 2 N–H and O–H groups in total. The van der Waals surface area contributed by atoms with Gasteiger partial charge < -0.3 is 15.5 Å². The molecule has 3 amide bonds. The van der Waals surface area contributed by atoms with Crippen LogP contribution in [0.3, 0.4) is 0 Å². The fourth-order valence-electron chi connectivity index (χ4n) is 3.29. The van der Waals surface area contributed by atoms with Gasteiger partial charge in [0.2, 0.25) is 17.7 Å². The minimum absolute atomic E-state index is 0.103. The van der Waals surface area contributed by atoms with Crippen molar-refractivity contribution in [3.05, 3.63) is 65.9 Å². The molecule has 1 aliphatic heterocycles. The van der Waals surface area contributed by atoms with Gasteiger partial charge in [-0.15, -0.1) is 0 Å². The van der Waals surface area contributed by atoms with Gasteiger partial charge in [-0.1, -0.05) is 51.1 Å². The fraction of sp³-hybridized carbons (Fsp3) is 0.292. The van der Waals surface area contributed by atoms with Crippen molar-refractivity contribution in [3.63, 3.8) is 0 Å². The average Bonchev–Trinajstić information content (AvgIpc) is 2.67. The van der Waals surface area contributed by atoms with Crippen LogP contribution < -0.4 is 10.6 Å². The second-order valence-electron chi connectivity index (χ2n) is 8.42. The Balaban J connectivity index is 1.73. The Morgan fingerprint density at radius 1 is 0.967 bits per heavy atom. The molecule has 0 bridgehead atoms. The highest BCUT2D eigenvalue weighted by molar-refractivity contribution is 5.96. The first-order chi connectivity index (χ1) is 14.1. The van der Waals surface area contributed by atoms with Crippen LogP contribution in [0.1, 0.15) is 51.3 Å². The molecule has 0 aliphatic carbocycles. The van der Waals surface area contributed by atoms with Crippen LogP contribution in [0.15, 0.2) is 54.7 Å². The SMILES string of the molecule is CC(=O)N1C=Cc2ccccc2[C@H]1CC(=O)Nc1cccc(NC(=O)C(C)(C)C)c1. The molecule has 0 saturated carbocycles. The van der Waals surface area contributed by atoms with E-state index in [0.717, 1.165) is 11.1 Å². The smallest absolute Gasteiger partial charge is 0.229 e. The zero-order valence-corrected chi connectivity index (χ0v) is 17.7. The predicted molar refractivity (Wildman–Crippen MR) is 119 cm³/mol. The van der Waals surface area contributed by atoms with Crippen molar-refractivity contribution in [3.8, 4) is 0 Å². The first-order valence-electron chi connectivity index (χ1n) is 9.92. The van der Waals surface area contributed by atoms with Crippen molar-refractivity contribution in [2.45, 2.75) is 40.2 Å². The first kappa shape index (κ1) is 21.3. The second-order valence-corrected chi connectivity index (χ2v) is 8.42. The van der Waals surface area contributed by atoms with Crippen LogP contribution >= 0.6 is 0 Å². The van der Waals surface area contributed by atoms with Gasteiger partial charge in [-0.2, -0.15) is 0 Å². The minimum Gasteiger partial charge on any atom is -0.326 e. The molecule has 30 heavy (non-hydrogen) atoms. The van der Waals surface area contributed by atoms with Gasteiger partial charge in [-0.05, 0) is 35.4 Å². The molecule has 3 rings (SSSR count). The van der Waals surface area contributed by atoms with Crippen molar-refractivity contribution in [1.82, 2.24) is 4.90 Å². The van der Waals surface area contributed by atoms with E-state index in [2.05, 4.69) is 10.6 Å². The quantitative estimate of drug-likeness (QED) is 0.782. The van der Waals surface area contributed by atoms with Crippen LogP contribution in [0.25, 0.3) is 6.08 Å². The summed E-state index contributed by atoms with van der Waals surface area (Å²) < 4.78 is 0. The number of rotatable bonds is 4. The zero-order chi connectivity index (χ0) is 21.9. The fourth-order valence-corrected chi connectivity index (χ4v) is 3.29. The van der Waals surface area contributed by atoms with Gasteiger partial charge in [-0.25, -0.2) is 0 Å². The van der Waals surface area contributed by atoms with Crippen molar-refractivity contribution in [2.24, 2.45) is 5.41 Å². The number of carbonyl (C=O) groups excluding carboxylic acids is 3. The Morgan fingerprint density at radius 2 is 1.63 bits per heavy atom. The van der Waals surface area contributed by atoms with Crippen LogP contribution in [-0.2, 0) is 14.4 Å². The summed E-state index contributed by atoms with van der Waals surface area (Å²) in [6, 6.07) is 14.4. The summed E-state index contributed by atoms with van der Waals surface area (Å²) in [7, 11) is 0. The predicted octanol–water partition coefficient (Wildman–Crippen LogP) is 4.57. The van der Waals surface area contributed by atoms with E-state index in [1.807, 2.05) is 51.1 Å². The van der Waals surface area contributed by atoms with Gasteiger partial charge in [0, 0.05) is 29.9 Å². The lowest BCUT2D eigenvalue weighted by Crippen LogP contribution is -2.33. The van der Waals surface area contributed by atoms with Crippen LogP contribution in [0.4, 0.5) is 11.4 Å². The Labute approximate surface area is 177 Å². The number of carbonyl (C=O) groups is 3. The van der Waals surface area contributed by atoms with Gasteiger partial charge in [0.15, 0.2) is 0 Å². The zero-order valence-electron chi connectivity index (χ0n) is 17.7. The molecule has 0 spiro atoms. The van der Waals surface area contributed by atoms with Crippen molar-refractivity contribution < 1.29 is 14.4 Å².